The summed E-state index contributed by atoms with van der Waals surface area (Å²) in [6, 6.07) is 0. The maximum absolute atomic E-state index is 11.3. The van der Waals surface area contributed by atoms with E-state index in [1.807, 2.05) is 0 Å². The van der Waals surface area contributed by atoms with Crippen LogP contribution in [0.5, 0.6) is 0 Å². The molecule has 1 fully saturated rings. The molecule has 1 aliphatic carbocycles. The highest BCUT2D eigenvalue weighted by Gasteiger charge is 2.44. The molecule has 0 aliphatic heterocycles. The van der Waals surface area contributed by atoms with Crippen molar-refractivity contribution in [2.75, 3.05) is 6.61 Å². The Morgan fingerprint density at radius 1 is 1.83 bits per heavy atom. The molecule has 5 heteroatoms. The number of hydrogen-bond acceptors (Lipinski definition) is 3. The van der Waals surface area contributed by atoms with Crippen molar-refractivity contribution in [1.29, 1.82) is 0 Å². The number of esters is 1. The smallest absolute Gasteiger partial charge is 0.318 e. The molecule has 1 saturated carbocycles. The Bertz CT molecular complexity index is 234. The van der Waals surface area contributed by atoms with Crippen molar-refractivity contribution in [2.45, 2.75) is 31.7 Å². The van der Waals surface area contributed by atoms with E-state index in [2.05, 4.69) is 10.0 Å². The zero-order valence-electron chi connectivity index (χ0n) is 6.99. The predicted molar refractivity (Wildman–Crippen MR) is 44.5 cm³/mol. The lowest BCUT2D eigenvalue weighted by Gasteiger charge is -2.34. The number of nitrogens with zero attached hydrogens (tertiary/aromatic N) is 3. The first-order valence-corrected chi connectivity index (χ1v) is 3.98. The van der Waals surface area contributed by atoms with Crippen LogP contribution in [-0.4, -0.2) is 18.1 Å². The summed E-state index contributed by atoms with van der Waals surface area (Å²) in [5.41, 5.74) is 7.36. The molecular weight excluding hydrogens is 158 g/mol. The van der Waals surface area contributed by atoms with Crippen molar-refractivity contribution in [3.63, 3.8) is 0 Å². The van der Waals surface area contributed by atoms with Gasteiger partial charge in [-0.2, -0.15) is 0 Å². The summed E-state index contributed by atoms with van der Waals surface area (Å²) in [4.78, 5) is 13.9. The zero-order valence-corrected chi connectivity index (χ0v) is 6.99. The number of ether oxygens (including phenoxy) is 1. The number of hydrogen-bond donors (Lipinski definition) is 0. The van der Waals surface area contributed by atoms with Crippen molar-refractivity contribution in [1.82, 2.24) is 0 Å². The van der Waals surface area contributed by atoms with Gasteiger partial charge in [-0.3, -0.25) is 4.79 Å². The Balaban J connectivity index is 0.00000144. The fourth-order valence-corrected chi connectivity index (χ4v) is 1.21. The van der Waals surface area contributed by atoms with Gasteiger partial charge in [0.05, 0.1) is 6.61 Å². The molecule has 0 aromatic carbocycles. The van der Waals surface area contributed by atoms with E-state index in [-0.39, 0.29) is 7.40 Å². The first kappa shape index (κ1) is 8.87. The molecule has 5 nitrogen and oxygen atoms in total. The molecule has 0 heterocycles. The maximum atomic E-state index is 11.3. The molecule has 0 bridgehead atoms. The van der Waals surface area contributed by atoms with Gasteiger partial charge < -0.3 is 4.74 Å². The second-order valence-corrected chi connectivity index (χ2v) is 2.80. The predicted octanol–water partition coefficient (Wildman–Crippen LogP) is 2.03. The van der Waals surface area contributed by atoms with Gasteiger partial charge in [-0.1, -0.05) is 11.5 Å². The summed E-state index contributed by atoms with van der Waals surface area (Å²) in [6.45, 7) is 2.07. The molecule has 1 aliphatic rings. The molecule has 0 amide bonds. The van der Waals surface area contributed by atoms with Crippen LogP contribution in [0.3, 0.4) is 0 Å². The third-order valence-corrected chi connectivity index (χ3v) is 2.07. The molecule has 0 saturated heterocycles. The SMILES string of the molecule is CCOC(=O)C1(N=[N+]=[N-])CCC1.[2HH]. The van der Waals surface area contributed by atoms with Crippen molar-refractivity contribution in [2.24, 2.45) is 5.11 Å². The van der Waals surface area contributed by atoms with E-state index in [9.17, 15) is 4.79 Å². The summed E-state index contributed by atoms with van der Waals surface area (Å²) < 4.78 is 4.80. The highest BCUT2D eigenvalue weighted by atomic mass is 16.5. The fourth-order valence-electron chi connectivity index (χ4n) is 1.21. The van der Waals surface area contributed by atoms with E-state index in [4.69, 9.17) is 10.3 Å². The van der Waals surface area contributed by atoms with Crippen LogP contribution in [0, 0.1) is 0 Å². The van der Waals surface area contributed by atoms with Gasteiger partial charge in [-0.05, 0) is 25.3 Å². The third-order valence-electron chi connectivity index (χ3n) is 2.07. The lowest BCUT2D eigenvalue weighted by molar-refractivity contribution is -0.152. The van der Waals surface area contributed by atoms with Crippen molar-refractivity contribution >= 4 is 5.97 Å². The Morgan fingerprint density at radius 2 is 2.50 bits per heavy atom. The monoisotopic (exact) mass is 172 g/mol. The van der Waals surface area contributed by atoms with Gasteiger partial charge >= 0.3 is 5.97 Å². The van der Waals surface area contributed by atoms with Crippen LogP contribution in [0.1, 0.15) is 27.6 Å². The molecule has 0 aromatic rings. The Morgan fingerprint density at radius 3 is 2.83 bits per heavy atom. The Hall–Kier alpha value is -1.22. The van der Waals surface area contributed by atoms with Crippen LogP contribution in [0.25, 0.3) is 10.4 Å². The highest BCUT2D eigenvalue weighted by Crippen LogP contribution is 2.37. The first-order valence-electron chi connectivity index (χ1n) is 3.98. The molecule has 12 heavy (non-hydrogen) atoms. The van der Waals surface area contributed by atoms with E-state index < -0.39 is 5.54 Å². The number of carbonyl (C=O) groups is 1. The second-order valence-electron chi connectivity index (χ2n) is 2.80. The van der Waals surface area contributed by atoms with Gasteiger partial charge in [0.1, 0.15) is 5.54 Å². The van der Waals surface area contributed by atoms with E-state index in [1.54, 1.807) is 6.92 Å². The van der Waals surface area contributed by atoms with E-state index in [0.29, 0.717) is 19.4 Å². The molecule has 0 N–H and O–H groups in total. The lowest BCUT2D eigenvalue weighted by Crippen LogP contribution is -2.44. The molecule has 0 aromatic heterocycles. The minimum atomic E-state index is -0.870. The molecule has 1 rings (SSSR count). The van der Waals surface area contributed by atoms with Crippen LogP contribution >= 0.6 is 0 Å². The van der Waals surface area contributed by atoms with Gasteiger partial charge in [0.2, 0.25) is 0 Å². The van der Waals surface area contributed by atoms with Crippen LogP contribution in [-0.2, 0) is 9.53 Å². The summed E-state index contributed by atoms with van der Waals surface area (Å²) in [5, 5.41) is 3.49. The van der Waals surface area contributed by atoms with Crippen LogP contribution in [0.15, 0.2) is 5.11 Å². The minimum Gasteiger partial charge on any atom is -0.465 e. The van der Waals surface area contributed by atoms with Gasteiger partial charge in [0, 0.05) is 6.34 Å². The average Bonchev–Trinajstić information content (AvgIpc) is 1.97. The Kier molecular flexibility index (Phi) is 2.55. The molecule has 0 unspecified atom stereocenters. The first-order chi connectivity index (χ1) is 5.75. The third kappa shape index (κ3) is 1.36. The van der Waals surface area contributed by atoms with Gasteiger partial charge in [-0.15, -0.1) is 0 Å². The van der Waals surface area contributed by atoms with Crippen LogP contribution in [0.4, 0.5) is 0 Å². The molecule has 0 spiro atoms. The summed E-state index contributed by atoms with van der Waals surface area (Å²) in [5.74, 6) is -0.381. The summed E-state index contributed by atoms with van der Waals surface area (Å²) >= 11 is 0. The quantitative estimate of drug-likeness (QED) is 0.282. The molecule has 0 radical (unpaired) electrons. The Labute approximate surface area is 71.8 Å². The van der Waals surface area contributed by atoms with E-state index in [1.165, 1.54) is 0 Å². The average molecular weight is 172 g/mol. The number of rotatable bonds is 3. The van der Waals surface area contributed by atoms with Gasteiger partial charge in [0.15, 0.2) is 0 Å². The van der Waals surface area contributed by atoms with E-state index >= 15 is 0 Å². The van der Waals surface area contributed by atoms with Crippen LogP contribution in [0.2, 0.25) is 0 Å². The van der Waals surface area contributed by atoms with Crippen LogP contribution < -0.4 is 0 Å². The standard InChI is InChI=1S/C7H11N3O2.H2/c1-2-12-6(11)7(9-10-8)4-3-5-7;/h2-5H2,1H3;1H/i;1+1. The lowest BCUT2D eigenvalue weighted by atomic mass is 9.78. The fraction of sp³-hybridized carbons (Fsp3) is 0.857. The van der Waals surface area contributed by atoms with Crippen molar-refractivity contribution in [3.8, 4) is 0 Å². The highest BCUT2D eigenvalue weighted by molar-refractivity contribution is 5.82. The number of carbonyl (C=O) groups excluding carboxylic acids is 1. The topological polar surface area (TPSA) is 75.1 Å². The number of azide groups is 1. The summed E-state index contributed by atoms with van der Waals surface area (Å²) in [6.07, 6.45) is 2.17. The minimum absolute atomic E-state index is 0. The van der Waals surface area contributed by atoms with Crippen molar-refractivity contribution < 1.29 is 11.0 Å². The molecule has 0 atom stereocenters. The second kappa shape index (κ2) is 3.45. The van der Waals surface area contributed by atoms with Gasteiger partial charge in [-0.25, -0.2) is 0 Å². The normalized spacial score (nSPS) is 18.8. The maximum Gasteiger partial charge on any atom is 0.318 e. The van der Waals surface area contributed by atoms with Crippen molar-refractivity contribution in [3.05, 3.63) is 10.4 Å². The zero-order chi connectivity index (χ0) is 9.03. The van der Waals surface area contributed by atoms with Gasteiger partial charge in [0.25, 0.3) is 0 Å². The summed E-state index contributed by atoms with van der Waals surface area (Å²) in [7, 11) is 0. The van der Waals surface area contributed by atoms with E-state index in [0.717, 1.165) is 6.42 Å². The largest absolute Gasteiger partial charge is 0.465 e. The molecular formula is C7H13N3O2. The molecule has 68 valence electrons.